The maximum atomic E-state index is 12.1. The molecule has 1 aliphatic heterocycles. The molecule has 0 spiro atoms. The molecular weight excluding hydrogens is 312 g/mol. The number of rotatable bonds is 3. The van der Waals surface area contributed by atoms with Crippen molar-refractivity contribution in [1.82, 2.24) is 4.72 Å². The summed E-state index contributed by atoms with van der Waals surface area (Å²) in [5, 5.41) is 1.31. The van der Waals surface area contributed by atoms with Crippen LogP contribution in [0, 0.1) is 0 Å². The molecule has 19 heavy (non-hydrogen) atoms. The molecule has 6 nitrogen and oxygen atoms in total. The van der Waals surface area contributed by atoms with E-state index in [0.717, 1.165) is 5.41 Å². The second-order valence-electron chi connectivity index (χ2n) is 4.07. The summed E-state index contributed by atoms with van der Waals surface area (Å²) < 4.78 is 48.8. The van der Waals surface area contributed by atoms with Gasteiger partial charge in [0.2, 0.25) is 10.0 Å². The van der Waals surface area contributed by atoms with Crippen molar-refractivity contribution < 1.29 is 16.8 Å². The first-order chi connectivity index (χ1) is 8.70. The zero-order valence-corrected chi connectivity index (χ0v) is 12.0. The van der Waals surface area contributed by atoms with Gasteiger partial charge in [-0.05, 0) is 18.2 Å². The van der Waals surface area contributed by atoms with Crippen LogP contribution in [0.25, 0.3) is 0 Å². The minimum absolute atomic E-state index is 0.00448. The molecule has 0 bridgehead atoms. The smallest absolute Gasteiger partial charge is 0.243 e. The average Bonchev–Trinajstić information content (AvgIpc) is 2.56. The zero-order chi connectivity index (χ0) is 14.3. The van der Waals surface area contributed by atoms with Crippen molar-refractivity contribution >= 4 is 37.1 Å². The Kier molecular flexibility index (Phi) is 3.61. The highest BCUT2D eigenvalue weighted by Crippen LogP contribution is 2.23. The second kappa shape index (κ2) is 4.78. The molecule has 0 aliphatic carbocycles. The van der Waals surface area contributed by atoms with Gasteiger partial charge in [0.15, 0.2) is 9.84 Å². The second-order valence-corrected chi connectivity index (χ2v) is 8.12. The molecule has 1 aliphatic rings. The number of halogens is 1. The van der Waals surface area contributed by atoms with Crippen molar-refractivity contribution in [3.05, 3.63) is 34.7 Å². The molecule has 1 unspecified atom stereocenters. The fourth-order valence-electron chi connectivity index (χ4n) is 1.68. The van der Waals surface area contributed by atoms with E-state index < -0.39 is 25.9 Å². The van der Waals surface area contributed by atoms with Crippen LogP contribution < -0.4 is 10.5 Å². The number of sulfone groups is 1. The molecule has 0 amide bonds. The third-order valence-electron chi connectivity index (χ3n) is 2.50. The van der Waals surface area contributed by atoms with Gasteiger partial charge in [0, 0.05) is 10.4 Å². The van der Waals surface area contributed by atoms with Gasteiger partial charge in [-0.2, -0.15) is 0 Å². The number of nitrogen functional groups attached to an aromatic ring is 1. The fourth-order valence-corrected chi connectivity index (χ4v) is 4.50. The van der Waals surface area contributed by atoms with Crippen molar-refractivity contribution in [2.45, 2.75) is 10.9 Å². The minimum atomic E-state index is -3.89. The number of hydrogen-bond acceptors (Lipinski definition) is 5. The largest absolute Gasteiger partial charge is 0.398 e. The highest BCUT2D eigenvalue weighted by molar-refractivity contribution is 7.94. The standard InChI is InChI=1S/C10H11ClN2O4S2/c11-7-1-2-10(9(12)5-7)19(16,17)13-8-3-4-18(14,15)6-8/h1-5,8,13H,6,12H2. The van der Waals surface area contributed by atoms with Crippen molar-refractivity contribution in [3.8, 4) is 0 Å². The maximum Gasteiger partial charge on any atom is 0.243 e. The number of nitrogens with one attached hydrogen (secondary N) is 1. The molecule has 0 aromatic heterocycles. The molecule has 0 fully saturated rings. The Bertz CT molecular complexity index is 741. The van der Waals surface area contributed by atoms with Gasteiger partial charge in [-0.3, -0.25) is 0 Å². The van der Waals surface area contributed by atoms with Crippen LogP contribution in [0.15, 0.2) is 34.6 Å². The van der Waals surface area contributed by atoms with Crippen LogP contribution in [0.2, 0.25) is 5.02 Å². The van der Waals surface area contributed by atoms with Crippen molar-refractivity contribution in [1.29, 1.82) is 0 Å². The Morgan fingerprint density at radius 3 is 2.58 bits per heavy atom. The molecule has 104 valence electrons. The number of hydrogen-bond donors (Lipinski definition) is 2. The van der Waals surface area contributed by atoms with E-state index in [0.29, 0.717) is 5.02 Å². The summed E-state index contributed by atoms with van der Waals surface area (Å²) in [5.41, 5.74) is 5.60. The molecule has 0 radical (unpaired) electrons. The first-order valence-electron chi connectivity index (χ1n) is 5.18. The molecule has 3 N–H and O–H groups in total. The van der Waals surface area contributed by atoms with E-state index >= 15 is 0 Å². The highest BCUT2D eigenvalue weighted by Gasteiger charge is 2.27. The summed E-state index contributed by atoms with van der Waals surface area (Å²) >= 11 is 5.69. The molecule has 0 saturated carbocycles. The van der Waals surface area contributed by atoms with Crippen LogP contribution in [-0.2, 0) is 19.9 Å². The van der Waals surface area contributed by atoms with Crippen molar-refractivity contribution in [3.63, 3.8) is 0 Å². The lowest BCUT2D eigenvalue weighted by atomic mass is 10.3. The number of benzene rings is 1. The van der Waals surface area contributed by atoms with Crippen LogP contribution >= 0.6 is 11.6 Å². The van der Waals surface area contributed by atoms with Crippen molar-refractivity contribution in [2.75, 3.05) is 11.5 Å². The molecule has 1 heterocycles. The van der Waals surface area contributed by atoms with Crippen LogP contribution in [0.3, 0.4) is 0 Å². The summed E-state index contributed by atoms with van der Waals surface area (Å²) in [4.78, 5) is -0.130. The number of nitrogens with two attached hydrogens (primary N) is 1. The lowest BCUT2D eigenvalue weighted by Crippen LogP contribution is -2.35. The first-order valence-corrected chi connectivity index (χ1v) is 8.76. The molecule has 1 aromatic rings. The van der Waals surface area contributed by atoms with E-state index in [-0.39, 0.29) is 16.3 Å². The summed E-state index contributed by atoms with van der Waals surface area (Å²) in [5.74, 6) is -0.292. The van der Waals surface area contributed by atoms with Gasteiger partial charge in [0.05, 0.1) is 17.5 Å². The molecule has 1 aromatic carbocycles. The summed E-state index contributed by atoms with van der Waals surface area (Å²) in [7, 11) is -7.22. The first kappa shape index (κ1) is 14.3. The highest BCUT2D eigenvalue weighted by atomic mass is 35.5. The molecular formula is C10H11ClN2O4S2. The average molecular weight is 323 g/mol. The predicted molar refractivity (Wildman–Crippen MR) is 72.9 cm³/mol. The quantitative estimate of drug-likeness (QED) is 0.789. The van der Waals surface area contributed by atoms with Gasteiger partial charge < -0.3 is 5.73 Å². The van der Waals surface area contributed by atoms with Gasteiger partial charge in [-0.1, -0.05) is 17.7 Å². The van der Waals surface area contributed by atoms with Gasteiger partial charge in [0.1, 0.15) is 4.90 Å². The maximum absolute atomic E-state index is 12.1. The van der Waals surface area contributed by atoms with Gasteiger partial charge in [0.25, 0.3) is 0 Å². The fraction of sp³-hybridized carbons (Fsp3) is 0.200. The predicted octanol–water partition coefficient (Wildman–Crippen LogP) is 0.511. The number of anilines is 1. The Labute approximate surface area is 116 Å². The van der Waals surface area contributed by atoms with E-state index in [9.17, 15) is 16.8 Å². The van der Waals surface area contributed by atoms with Gasteiger partial charge in [-0.15, -0.1) is 0 Å². The Morgan fingerprint density at radius 1 is 1.37 bits per heavy atom. The summed E-state index contributed by atoms with van der Waals surface area (Å²) in [6.07, 6.45) is 1.29. The number of sulfonamides is 1. The Balaban J connectivity index is 2.27. The van der Waals surface area contributed by atoms with Crippen LogP contribution in [-0.4, -0.2) is 28.6 Å². The normalized spacial score (nSPS) is 21.6. The molecule has 0 saturated heterocycles. The minimum Gasteiger partial charge on any atom is -0.398 e. The van der Waals surface area contributed by atoms with E-state index in [1.807, 2.05) is 0 Å². The van der Waals surface area contributed by atoms with E-state index in [4.69, 9.17) is 17.3 Å². The summed E-state index contributed by atoms with van der Waals surface area (Å²) in [6, 6.07) is 3.20. The monoisotopic (exact) mass is 322 g/mol. The van der Waals surface area contributed by atoms with Crippen LogP contribution in [0.1, 0.15) is 0 Å². The lowest BCUT2D eigenvalue weighted by Gasteiger charge is -2.12. The Hall–Kier alpha value is -1.09. The topological polar surface area (TPSA) is 106 Å². The van der Waals surface area contributed by atoms with Crippen LogP contribution in [0.4, 0.5) is 5.69 Å². The van der Waals surface area contributed by atoms with Crippen molar-refractivity contribution in [2.24, 2.45) is 0 Å². The third-order valence-corrected chi connectivity index (χ3v) is 5.69. The summed E-state index contributed by atoms with van der Waals surface area (Å²) in [6.45, 7) is 0. The molecule has 9 heteroatoms. The van der Waals surface area contributed by atoms with Gasteiger partial charge >= 0.3 is 0 Å². The SMILES string of the molecule is Nc1cc(Cl)ccc1S(=O)(=O)NC1C=CS(=O)(=O)C1. The zero-order valence-electron chi connectivity index (χ0n) is 9.58. The third kappa shape index (κ3) is 3.27. The molecule has 1 atom stereocenters. The molecule has 2 rings (SSSR count). The van der Waals surface area contributed by atoms with E-state index in [1.54, 1.807) is 0 Å². The van der Waals surface area contributed by atoms with Crippen LogP contribution in [0.5, 0.6) is 0 Å². The van der Waals surface area contributed by atoms with E-state index in [1.165, 1.54) is 24.3 Å². The van der Waals surface area contributed by atoms with Gasteiger partial charge in [-0.25, -0.2) is 21.6 Å². The van der Waals surface area contributed by atoms with E-state index in [2.05, 4.69) is 4.72 Å². The Morgan fingerprint density at radius 2 is 2.05 bits per heavy atom. The lowest BCUT2D eigenvalue weighted by molar-refractivity contribution is 0.575.